The third-order valence-corrected chi connectivity index (χ3v) is 27.0. The van der Waals surface area contributed by atoms with Gasteiger partial charge in [-0.05, 0) is 194 Å². The molecule has 0 radical (unpaired) electrons. The van der Waals surface area contributed by atoms with E-state index in [1.165, 1.54) is 84.8 Å². The molecule has 0 atom stereocenters. The maximum absolute atomic E-state index is 6.47. The summed E-state index contributed by atoms with van der Waals surface area (Å²) >= 11 is 29.1. The number of aromatic nitrogens is 8. The second-order valence-electron chi connectivity index (χ2n) is 31.9. The van der Waals surface area contributed by atoms with E-state index in [0.717, 1.165) is 128 Å². The van der Waals surface area contributed by atoms with Gasteiger partial charge >= 0.3 is 0 Å². The lowest BCUT2D eigenvalue weighted by molar-refractivity contribution is 0.660. The Morgan fingerprint density at radius 2 is 0.719 bits per heavy atom. The van der Waals surface area contributed by atoms with E-state index in [9.17, 15) is 0 Å². The Labute approximate surface area is 764 Å². The monoisotopic (exact) mass is 1760 g/mol. The van der Waals surface area contributed by atoms with Gasteiger partial charge in [0, 0.05) is 102 Å². The molecule has 0 spiro atoms. The van der Waals surface area contributed by atoms with Crippen LogP contribution in [0.2, 0.25) is 20.9 Å². The van der Waals surface area contributed by atoms with Crippen molar-refractivity contribution in [1.29, 1.82) is 0 Å². The Kier molecular flexibility index (Phi) is 20.7. The van der Waals surface area contributed by atoms with Crippen molar-refractivity contribution in [3.05, 3.63) is 420 Å². The van der Waals surface area contributed by atoms with Crippen molar-refractivity contribution in [2.24, 2.45) is 0 Å². The smallest absolute Gasteiger partial charge is 0.226 e. The van der Waals surface area contributed by atoms with Gasteiger partial charge in [0.2, 0.25) is 10.6 Å². The van der Waals surface area contributed by atoms with E-state index in [4.69, 9.17) is 55.2 Å². The molecule has 15 aromatic carbocycles. The molecule has 1 aliphatic rings. The number of para-hydroxylation sites is 5. The summed E-state index contributed by atoms with van der Waals surface area (Å²) < 4.78 is 19.6. The van der Waals surface area contributed by atoms with Crippen LogP contribution in [0.3, 0.4) is 0 Å². The van der Waals surface area contributed by atoms with E-state index < -0.39 is 0 Å². The third-order valence-electron chi connectivity index (χ3n) is 23.8. The van der Waals surface area contributed by atoms with E-state index in [1.54, 1.807) is 11.3 Å². The number of nitrogens with zero attached hydrogens (tertiary/aromatic N) is 8. The van der Waals surface area contributed by atoms with Gasteiger partial charge in [-0.15, -0.1) is 22.7 Å². The predicted molar refractivity (Wildman–Crippen MR) is 534 cm³/mol. The molecule has 0 saturated carbocycles. The highest BCUT2D eigenvalue weighted by Crippen LogP contribution is 2.51. The summed E-state index contributed by atoms with van der Waals surface area (Å²) in [5, 5.41) is 10.9. The molecule has 1 aliphatic carbocycles. The maximum Gasteiger partial charge on any atom is 0.226 e. The van der Waals surface area contributed by atoms with E-state index in [1.807, 2.05) is 145 Å². The molecular weight excluding hydrogens is 1700 g/mol. The van der Waals surface area contributed by atoms with Crippen molar-refractivity contribution < 1.29 is 8.83 Å². The Hall–Kier alpha value is -14.6. The Balaban J connectivity index is 0.000000101. The van der Waals surface area contributed by atoms with Crippen LogP contribution in [-0.2, 0) is 5.41 Å². The first-order valence-electron chi connectivity index (χ1n) is 41.9. The molecule has 610 valence electrons. The minimum atomic E-state index is -0.0819. The summed E-state index contributed by atoms with van der Waals surface area (Å²) in [4.78, 5) is 31.7. The second-order valence-corrected chi connectivity index (χ2v) is 35.5. The van der Waals surface area contributed by atoms with E-state index in [-0.39, 0.29) is 16.0 Å². The van der Waals surface area contributed by atoms with Gasteiger partial charge in [0.05, 0.1) is 38.5 Å². The number of benzene rings is 15. The fourth-order valence-corrected chi connectivity index (χ4v) is 20.9. The van der Waals surface area contributed by atoms with E-state index >= 15 is 0 Å². The topological polar surface area (TPSA) is 121 Å². The predicted octanol–water partition coefficient (Wildman–Crippen LogP) is 32.9. The van der Waals surface area contributed by atoms with Gasteiger partial charge in [0.15, 0.2) is 17.2 Å². The minimum Gasteiger partial charge on any atom is -0.455 e. The molecule has 0 saturated heterocycles. The second kappa shape index (κ2) is 33.4. The van der Waals surface area contributed by atoms with Crippen molar-refractivity contribution in [3.8, 4) is 118 Å². The zero-order valence-corrected chi connectivity index (χ0v) is 73.3. The Morgan fingerprint density at radius 3 is 1.43 bits per heavy atom. The Bertz CT molecular complexity index is 8370. The van der Waals surface area contributed by atoms with Gasteiger partial charge in [0.25, 0.3) is 0 Å². The highest BCUT2D eigenvalue weighted by atomic mass is 35.5. The van der Waals surface area contributed by atoms with Gasteiger partial charge in [-0.25, -0.2) is 24.9 Å². The highest BCUT2D eigenvalue weighted by Gasteiger charge is 2.36. The Morgan fingerprint density at radius 1 is 0.258 bits per heavy atom. The number of hydrogen-bond donors (Lipinski definition) is 0. The van der Waals surface area contributed by atoms with Crippen LogP contribution in [0.4, 0.5) is 0 Å². The summed E-state index contributed by atoms with van der Waals surface area (Å²) in [5.74, 6) is 1.12. The van der Waals surface area contributed by atoms with Gasteiger partial charge in [-0.1, -0.05) is 310 Å². The zero-order valence-electron chi connectivity index (χ0n) is 68.7. The largest absolute Gasteiger partial charge is 0.455 e. The van der Waals surface area contributed by atoms with Crippen molar-refractivity contribution in [2.45, 2.75) is 19.3 Å². The summed E-state index contributed by atoms with van der Waals surface area (Å²) in [6, 6.07) is 133. The standard InChI is InChI=1S/C31H21ClN2O.C29H18ClNS.C27H17ClN4.C25H14ClNOS/c1-31(2)24-12-5-3-8-19(24)20-15-14-18(16-25(20)31)26-17-27(34-30(32)33-26)23-11-7-10-22-21-9-4-6-13-28(21)35-29(22)23;30-29-18-23(22-14-15-25-24-8-4-5-9-27(24)32-28(25)17-22)16-26(31-29)21-12-10-20(11-13-21)19-6-2-1-3-7-19;28-27-30-25(18-8-2-1-3-9-18)29-26(31-27)19-14-16-20(17-15-19)32-23-12-6-4-10-21(23)22-11-5-7-13-24(22)32;26-22-14-16(15-7-2-1-3-8-15)13-20(27-22)17-10-6-11-19-23-25(29-24(17)19)18-9-4-5-12-21(18)28-23/h3-17H,1-2H3;1-18H;1-17H;1-14H. The summed E-state index contributed by atoms with van der Waals surface area (Å²) in [6.07, 6.45) is 0. The van der Waals surface area contributed by atoms with Crippen LogP contribution in [0.25, 0.3) is 213 Å². The summed E-state index contributed by atoms with van der Waals surface area (Å²) in [5.41, 5.74) is 28.0. The molecule has 0 unspecified atom stereocenters. The molecule has 24 aromatic rings. The average Bonchev–Trinajstić information content (AvgIpc) is 1.58. The molecule has 16 heteroatoms. The molecule has 0 bridgehead atoms. The van der Waals surface area contributed by atoms with E-state index in [0.29, 0.717) is 22.0 Å². The summed E-state index contributed by atoms with van der Waals surface area (Å²) in [6.45, 7) is 4.56. The average molecular weight is 1770 g/mol. The normalized spacial score (nSPS) is 12.0. The number of halogens is 4. The highest BCUT2D eigenvalue weighted by molar-refractivity contribution is 7.27. The molecular formula is C112H70Cl4N8O2S2. The lowest BCUT2D eigenvalue weighted by atomic mass is 9.82. The van der Waals surface area contributed by atoms with Crippen LogP contribution in [0, 0.1) is 0 Å². The fraction of sp³-hybridized carbons (Fsp3) is 0.0268. The van der Waals surface area contributed by atoms with Crippen LogP contribution >= 0.6 is 69.1 Å². The summed E-state index contributed by atoms with van der Waals surface area (Å²) in [7, 11) is 0. The first kappa shape index (κ1) is 79.3. The number of rotatable bonds is 10. The van der Waals surface area contributed by atoms with Crippen molar-refractivity contribution in [3.63, 3.8) is 0 Å². The van der Waals surface area contributed by atoms with Gasteiger partial charge in [0.1, 0.15) is 27.1 Å². The van der Waals surface area contributed by atoms with Gasteiger partial charge in [-0.2, -0.15) is 9.97 Å². The molecule has 0 fully saturated rings. The van der Waals surface area contributed by atoms with Crippen LogP contribution in [-0.4, -0.2) is 39.5 Å². The zero-order chi connectivity index (χ0) is 86.1. The van der Waals surface area contributed by atoms with Crippen molar-refractivity contribution >= 4 is 164 Å². The van der Waals surface area contributed by atoms with Gasteiger partial charge < -0.3 is 13.4 Å². The molecule has 0 aliphatic heterocycles. The van der Waals surface area contributed by atoms with Crippen LogP contribution < -0.4 is 0 Å². The first-order chi connectivity index (χ1) is 62.8. The third kappa shape index (κ3) is 15.0. The minimum absolute atomic E-state index is 0.0819. The molecule has 9 aromatic heterocycles. The first-order valence-corrected chi connectivity index (χ1v) is 45.0. The van der Waals surface area contributed by atoms with E-state index in [2.05, 4.69) is 308 Å². The van der Waals surface area contributed by atoms with Crippen LogP contribution in [0.1, 0.15) is 25.0 Å². The molecule has 0 amide bonds. The number of pyridine rings is 2. The van der Waals surface area contributed by atoms with Crippen molar-refractivity contribution in [2.75, 3.05) is 0 Å². The number of hydrogen-bond acceptors (Lipinski definition) is 11. The lowest BCUT2D eigenvalue weighted by Gasteiger charge is -2.21. The SMILES string of the molecule is CC1(C)c2ccccc2-c2ccc(-c3cc(-c4cccc5c4oc4ccccc45)nc(Cl)n3)cc21.Clc1cc(-c2ccc3c(c2)sc2ccccc23)cc(-c2ccc(-c3ccccc3)cc2)n1.Clc1cc(-c2ccccc2)cc(-c2cccc3c2sc2c4ccccc4oc32)n1.Clc1nc(-c2ccccc2)nc(-c2ccc(-n3c4ccccc4c4ccccc43)cc2)n1. The van der Waals surface area contributed by atoms with Gasteiger partial charge in [-0.3, -0.25) is 0 Å². The van der Waals surface area contributed by atoms with Crippen molar-refractivity contribution in [1.82, 2.24) is 39.5 Å². The lowest BCUT2D eigenvalue weighted by Crippen LogP contribution is -2.14. The molecule has 10 nitrogen and oxygen atoms in total. The quantitative estimate of drug-likeness (QED) is 0.0973. The fourth-order valence-electron chi connectivity index (χ4n) is 17.7. The number of fused-ring (bicyclic) bond motifs is 17. The van der Waals surface area contributed by atoms with Crippen LogP contribution in [0.15, 0.2) is 397 Å². The molecule has 25 rings (SSSR count). The number of furan rings is 2. The number of thiophene rings is 2. The molecule has 9 heterocycles. The van der Waals surface area contributed by atoms with Crippen LogP contribution in [0.5, 0.6) is 0 Å². The molecule has 128 heavy (non-hydrogen) atoms. The maximum atomic E-state index is 6.47. The molecule has 0 N–H and O–H groups in total.